The van der Waals surface area contributed by atoms with Crippen LogP contribution in [0.1, 0.15) is 50.7 Å². The van der Waals surface area contributed by atoms with Gasteiger partial charge in [0.2, 0.25) is 0 Å². The van der Waals surface area contributed by atoms with Crippen molar-refractivity contribution in [1.29, 1.82) is 0 Å². The fraction of sp³-hybridized carbons (Fsp3) is 0.333. The first-order valence-electron chi connectivity index (χ1n) is 11.6. The van der Waals surface area contributed by atoms with Crippen LogP contribution in [-0.2, 0) is 12.8 Å². The van der Waals surface area contributed by atoms with E-state index in [0.29, 0.717) is 0 Å². The summed E-state index contributed by atoms with van der Waals surface area (Å²) in [6, 6.07) is 21.9. The van der Waals surface area contributed by atoms with Gasteiger partial charge < -0.3 is 0 Å². The van der Waals surface area contributed by atoms with Crippen molar-refractivity contribution >= 4 is 11.8 Å². The zero-order chi connectivity index (χ0) is 21.6. The highest BCUT2D eigenvalue weighted by atomic mass is 32.2. The molecule has 0 amide bonds. The van der Waals surface area contributed by atoms with Crippen molar-refractivity contribution in [3.63, 3.8) is 0 Å². The van der Waals surface area contributed by atoms with Crippen molar-refractivity contribution in [2.45, 2.75) is 61.9 Å². The summed E-state index contributed by atoms with van der Waals surface area (Å²) < 4.78 is 0.297. The fourth-order valence-corrected chi connectivity index (χ4v) is 6.36. The molecule has 31 heavy (non-hydrogen) atoms. The van der Waals surface area contributed by atoms with Gasteiger partial charge in [0.25, 0.3) is 0 Å². The second-order valence-corrected chi connectivity index (χ2v) is 11.0. The Balaban J connectivity index is 1.56. The lowest BCUT2D eigenvalue weighted by Gasteiger charge is -2.42. The standard InChI is InChI=1S/C30H34S/c1-25-13-19-29(20-14-25,23-17-27-9-5-3-6-10-27)31-30(21-15-26(2)16-22-30)24-18-28-11-7-4-8-12-28/h3-16,19,21H,17-18,20,22-24H2,1-2H3. The van der Waals surface area contributed by atoms with E-state index in [9.17, 15) is 0 Å². The van der Waals surface area contributed by atoms with Crippen molar-refractivity contribution in [2.75, 3.05) is 0 Å². The van der Waals surface area contributed by atoms with Gasteiger partial charge >= 0.3 is 0 Å². The normalized spacial score (nSPS) is 25.2. The molecule has 2 unspecified atom stereocenters. The summed E-state index contributed by atoms with van der Waals surface area (Å²) in [4.78, 5) is 0. The quantitative estimate of drug-likeness (QED) is 0.409. The average molecular weight is 427 g/mol. The Bertz CT molecular complexity index is 898. The van der Waals surface area contributed by atoms with Crippen LogP contribution in [0.5, 0.6) is 0 Å². The van der Waals surface area contributed by atoms with E-state index in [4.69, 9.17) is 0 Å². The minimum Gasteiger partial charge on any atom is -0.139 e. The molecular weight excluding hydrogens is 392 g/mol. The molecule has 0 fully saturated rings. The van der Waals surface area contributed by atoms with Gasteiger partial charge in [-0.15, -0.1) is 11.8 Å². The molecule has 0 heterocycles. The highest BCUT2D eigenvalue weighted by Crippen LogP contribution is 2.51. The number of hydrogen-bond donors (Lipinski definition) is 0. The lowest BCUT2D eigenvalue weighted by molar-refractivity contribution is 0.596. The summed E-state index contributed by atoms with van der Waals surface area (Å²) in [6.07, 6.45) is 21.4. The van der Waals surface area contributed by atoms with E-state index < -0.39 is 0 Å². The Morgan fingerprint density at radius 3 is 1.42 bits per heavy atom. The van der Waals surface area contributed by atoms with E-state index in [0.717, 1.165) is 25.7 Å². The monoisotopic (exact) mass is 426 g/mol. The van der Waals surface area contributed by atoms with Gasteiger partial charge in [-0.05, 0) is 63.5 Å². The highest BCUT2D eigenvalue weighted by Gasteiger charge is 2.39. The average Bonchev–Trinajstić information content (AvgIpc) is 2.82. The molecule has 0 aliphatic heterocycles. The van der Waals surface area contributed by atoms with Crippen LogP contribution in [0.15, 0.2) is 108 Å². The molecule has 0 nitrogen and oxygen atoms in total. The molecule has 0 radical (unpaired) electrons. The molecule has 160 valence electrons. The van der Waals surface area contributed by atoms with Crippen molar-refractivity contribution in [3.05, 3.63) is 119 Å². The first-order chi connectivity index (χ1) is 15.1. The molecule has 2 aliphatic carbocycles. The van der Waals surface area contributed by atoms with Gasteiger partial charge in [0.05, 0.1) is 0 Å². The largest absolute Gasteiger partial charge is 0.139 e. The van der Waals surface area contributed by atoms with Crippen LogP contribution < -0.4 is 0 Å². The van der Waals surface area contributed by atoms with Gasteiger partial charge in [0.1, 0.15) is 0 Å². The van der Waals surface area contributed by atoms with E-state index in [1.807, 2.05) is 0 Å². The third-order valence-electron chi connectivity index (χ3n) is 6.60. The first kappa shape index (κ1) is 22.0. The summed E-state index contributed by atoms with van der Waals surface area (Å²) in [5, 5.41) is 0. The zero-order valence-corrected chi connectivity index (χ0v) is 19.7. The Kier molecular flexibility index (Phi) is 7.02. The number of hydrogen-bond acceptors (Lipinski definition) is 1. The predicted octanol–water partition coefficient (Wildman–Crippen LogP) is 8.28. The van der Waals surface area contributed by atoms with E-state index in [1.54, 1.807) is 0 Å². The smallest absolute Gasteiger partial charge is 0.0388 e. The maximum absolute atomic E-state index is 2.51. The third-order valence-corrected chi connectivity index (χ3v) is 8.43. The summed E-state index contributed by atoms with van der Waals surface area (Å²) in [5.41, 5.74) is 5.67. The molecule has 0 spiro atoms. The summed E-state index contributed by atoms with van der Waals surface area (Å²) in [5.74, 6) is 0. The van der Waals surface area contributed by atoms with Crippen molar-refractivity contribution < 1.29 is 0 Å². The first-order valence-corrected chi connectivity index (χ1v) is 12.4. The molecule has 2 atom stereocenters. The Morgan fingerprint density at radius 2 is 1.06 bits per heavy atom. The molecule has 0 bridgehead atoms. The maximum Gasteiger partial charge on any atom is 0.0388 e. The molecule has 1 heteroatoms. The number of thioether (sulfide) groups is 1. The van der Waals surface area contributed by atoms with Gasteiger partial charge in [0.15, 0.2) is 0 Å². The second-order valence-electron chi connectivity index (χ2n) is 9.17. The van der Waals surface area contributed by atoms with Crippen molar-refractivity contribution in [1.82, 2.24) is 0 Å². The molecule has 4 rings (SSSR count). The van der Waals surface area contributed by atoms with Gasteiger partial charge in [-0.2, -0.15) is 0 Å². The lowest BCUT2D eigenvalue weighted by atomic mass is 9.89. The third kappa shape index (κ3) is 5.92. The Hall–Kier alpha value is -2.25. The van der Waals surface area contributed by atoms with Gasteiger partial charge in [-0.3, -0.25) is 0 Å². The maximum atomic E-state index is 2.51. The van der Waals surface area contributed by atoms with E-state index >= 15 is 0 Å². The van der Waals surface area contributed by atoms with E-state index in [-0.39, 0.29) is 9.49 Å². The van der Waals surface area contributed by atoms with Crippen molar-refractivity contribution in [3.8, 4) is 0 Å². The van der Waals surface area contributed by atoms with Crippen LogP contribution in [0.2, 0.25) is 0 Å². The topological polar surface area (TPSA) is 0 Å². The van der Waals surface area contributed by atoms with Crippen LogP contribution >= 0.6 is 11.8 Å². The summed E-state index contributed by atoms with van der Waals surface area (Å²) in [6.45, 7) is 4.44. The van der Waals surface area contributed by atoms with Gasteiger partial charge in [0, 0.05) is 9.49 Å². The lowest BCUT2D eigenvalue weighted by Crippen LogP contribution is -2.35. The Labute approximate surface area is 192 Å². The Morgan fingerprint density at radius 1 is 0.645 bits per heavy atom. The number of rotatable bonds is 8. The van der Waals surface area contributed by atoms with Gasteiger partial charge in [-0.25, -0.2) is 0 Å². The van der Waals surface area contributed by atoms with Crippen LogP contribution in [-0.4, -0.2) is 9.49 Å². The second kappa shape index (κ2) is 9.92. The highest BCUT2D eigenvalue weighted by molar-refractivity contribution is 8.02. The molecule has 0 aromatic heterocycles. The summed E-state index contributed by atoms with van der Waals surface area (Å²) >= 11 is 2.22. The van der Waals surface area contributed by atoms with Crippen LogP contribution in [0.4, 0.5) is 0 Å². The fourth-order valence-electron chi connectivity index (χ4n) is 4.54. The molecule has 2 aromatic carbocycles. The molecule has 0 saturated carbocycles. The zero-order valence-electron chi connectivity index (χ0n) is 18.9. The minimum atomic E-state index is 0.148. The molecule has 2 aromatic rings. The van der Waals surface area contributed by atoms with E-state index in [2.05, 4.69) is 123 Å². The molecule has 0 N–H and O–H groups in total. The number of aryl methyl sites for hydroxylation is 2. The van der Waals surface area contributed by atoms with Crippen LogP contribution in [0.3, 0.4) is 0 Å². The van der Waals surface area contributed by atoms with Gasteiger partial charge in [-0.1, -0.05) is 108 Å². The molecule has 0 saturated heterocycles. The summed E-state index contributed by atoms with van der Waals surface area (Å²) in [7, 11) is 0. The number of allylic oxidation sites excluding steroid dienone is 6. The SMILES string of the molecule is CC1=CCC(CCc2ccccc2)(SC2(CCc3ccccc3)C=CC(C)=CC2)C=C1. The predicted molar refractivity (Wildman–Crippen MR) is 138 cm³/mol. The van der Waals surface area contributed by atoms with Crippen molar-refractivity contribution in [2.24, 2.45) is 0 Å². The van der Waals surface area contributed by atoms with Crippen LogP contribution in [0.25, 0.3) is 0 Å². The van der Waals surface area contributed by atoms with E-state index in [1.165, 1.54) is 35.1 Å². The molecular formula is C30H34S. The number of benzene rings is 2. The molecule has 2 aliphatic rings. The minimum absolute atomic E-state index is 0.148. The van der Waals surface area contributed by atoms with Crippen LogP contribution in [0, 0.1) is 0 Å².